The highest BCUT2D eigenvalue weighted by atomic mass is 16.6. The fourth-order valence-corrected chi connectivity index (χ4v) is 6.85. The van der Waals surface area contributed by atoms with E-state index in [0.717, 1.165) is 5.56 Å². The van der Waals surface area contributed by atoms with Gasteiger partial charge in [0, 0.05) is 34.6 Å². The number of carbonyl (C=O) groups is 3. The van der Waals surface area contributed by atoms with Gasteiger partial charge in [0.05, 0.1) is 16.9 Å². The Balaban J connectivity index is 1.53. The van der Waals surface area contributed by atoms with Gasteiger partial charge in [-0.3, -0.25) is 24.5 Å². The SMILES string of the molecule is O=C(c1cccc([N+](=O)[O-])c1)[C@H]1[C@H](C(=O)c2ccccc2)[C@@]2(C(=O)Nc3ccccc32)[C@H]2C=Cc3ccccc3N12. The molecular weight excluding hydrogens is 518 g/mol. The van der Waals surface area contributed by atoms with Gasteiger partial charge in [0.15, 0.2) is 11.6 Å². The van der Waals surface area contributed by atoms with E-state index in [0.29, 0.717) is 22.5 Å². The van der Waals surface area contributed by atoms with E-state index < -0.39 is 34.1 Å². The Kier molecular flexibility index (Phi) is 5.47. The summed E-state index contributed by atoms with van der Waals surface area (Å²) in [7, 11) is 0. The lowest BCUT2D eigenvalue weighted by Crippen LogP contribution is -2.51. The molecule has 4 atom stereocenters. The second-order valence-electron chi connectivity index (χ2n) is 10.5. The molecule has 1 fully saturated rings. The highest BCUT2D eigenvalue weighted by molar-refractivity contribution is 6.18. The lowest BCUT2D eigenvalue weighted by Gasteiger charge is -2.37. The van der Waals surface area contributed by atoms with Crippen molar-refractivity contribution in [2.24, 2.45) is 5.92 Å². The lowest BCUT2D eigenvalue weighted by molar-refractivity contribution is -0.384. The number of nitro groups is 1. The van der Waals surface area contributed by atoms with Crippen LogP contribution in [0.25, 0.3) is 6.08 Å². The molecule has 4 aromatic rings. The Morgan fingerprint density at radius 2 is 1.54 bits per heavy atom. The van der Waals surface area contributed by atoms with Crippen molar-refractivity contribution in [1.29, 1.82) is 0 Å². The van der Waals surface area contributed by atoms with Crippen LogP contribution in [0.3, 0.4) is 0 Å². The summed E-state index contributed by atoms with van der Waals surface area (Å²) in [5.41, 5.74) is 1.61. The van der Waals surface area contributed by atoms with Gasteiger partial charge in [-0.25, -0.2) is 0 Å². The average molecular weight is 542 g/mol. The third-order valence-electron chi connectivity index (χ3n) is 8.49. The maximum absolute atomic E-state index is 14.6. The van der Waals surface area contributed by atoms with Crippen LogP contribution in [0.1, 0.15) is 31.8 Å². The van der Waals surface area contributed by atoms with Crippen molar-refractivity contribution < 1.29 is 19.3 Å². The van der Waals surface area contributed by atoms with Crippen LogP contribution in [0.5, 0.6) is 0 Å². The number of hydrogen-bond donors (Lipinski definition) is 1. The van der Waals surface area contributed by atoms with Crippen LogP contribution in [0, 0.1) is 16.0 Å². The zero-order chi connectivity index (χ0) is 28.3. The van der Waals surface area contributed by atoms with Gasteiger partial charge in [-0.1, -0.05) is 91.0 Å². The van der Waals surface area contributed by atoms with Crippen molar-refractivity contribution in [3.05, 3.63) is 142 Å². The monoisotopic (exact) mass is 541 g/mol. The Labute approximate surface area is 235 Å². The van der Waals surface area contributed by atoms with Crippen molar-refractivity contribution in [2.45, 2.75) is 17.5 Å². The first kappa shape index (κ1) is 24.7. The number of fused-ring (bicyclic) bond motifs is 6. The maximum Gasteiger partial charge on any atom is 0.270 e. The van der Waals surface area contributed by atoms with Gasteiger partial charge in [0.2, 0.25) is 5.91 Å². The normalized spacial score (nSPS) is 23.5. The number of ketones is 2. The number of anilines is 2. The van der Waals surface area contributed by atoms with Crippen LogP contribution in [0.4, 0.5) is 17.1 Å². The van der Waals surface area contributed by atoms with Crippen LogP contribution >= 0.6 is 0 Å². The summed E-state index contributed by atoms with van der Waals surface area (Å²) >= 11 is 0. The van der Waals surface area contributed by atoms with Crippen LogP contribution < -0.4 is 10.2 Å². The molecule has 8 nitrogen and oxygen atoms in total. The molecule has 3 heterocycles. The number of carbonyl (C=O) groups excluding carboxylic acids is 3. The fraction of sp³-hybridized carbons (Fsp3) is 0.121. The summed E-state index contributed by atoms with van der Waals surface area (Å²) in [6.45, 7) is 0. The van der Waals surface area contributed by atoms with E-state index in [9.17, 15) is 24.5 Å². The van der Waals surface area contributed by atoms with E-state index in [1.807, 2.05) is 59.5 Å². The van der Waals surface area contributed by atoms with Crippen molar-refractivity contribution in [2.75, 3.05) is 10.2 Å². The van der Waals surface area contributed by atoms with E-state index in [1.54, 1.807) is 36.4 Å². The Morgan fingerprint density at radius 1 is 0.829 bits per heavy atom. The molecule has 0 aromatic heterocycles. The van der Waals surface area contributed by atoms with Gasteiger partial charge in [-0.2, -0.15) is 0 Å². The number of rotatable bonds is 5. The largest absolute Gasteiger partial charge is 0.352 e. The number of hydrogen-bond acceptors (Lipinski definition) is 6. The molecule has 200 valence electrons. The summed E-state index contributed by atoms with van der Waals surface area (Å²) in [6.07, 6.45) is 3.83. The van der Waals surface area contributed by atoms with E-state index in [4.69, 9.17) is 0 Å². The van der Waals surface area contributed by atoms with Crippen LogP contribution in [0.15, 0.2) is 109 Å². The summed E-state index contributed by atoms with van der Waals surface area (Å²) in [4.78, 5) is 56.5. The molecule has 7 rings (SSSR count). The van der Waals surface area contributed by atoms with Crippen molar-refractivity contribution in [3.8, 4) is 0 Å². The molecule has 1 amide bonds. The molecule has 0 saturated carbocycles. The molecular formula is C33H23N3O5. The first-order chi connectivity index (χ1) is 19.9. The van der Waals surface area contributed by atoms with Gasteiger partial charge >= 0.3 is 0 Å². The summed E-state index contributed by atoms with van der Waals surface area (Å²) < 4.78 is 0. The second-order valence-corrected chi connectivity index (χ2v) is 10.5. The molecule has 8 heteroatoms. The minimum atomic E-state index is -1.44. The lowest BCUT2D eigenvalue weighted by atomic mass is 9.64. The standard InChI is InChI=1S/C33H23N3O5/c37-30(21-10-2-1-3-11-21)28-29(31(38)22-12-8-13-23(19-22)36(40)41)35-26-16-7-4-9-20(26)17-18-27(35)33(28)24-14-5-6-15-25(24)34-32(33)39/h1-19,27-29H,(H,34,39)/t27-,28-,29-,33+/m1/s1. The number of benzene rings is 4. The molecule has 4 aromatic carbocycles. The highest BCUT2D eigenvalue weighted by Gasteiger charge is 2.70. The van der Waals surface area contributed by atoms with E-state index in [-0.39, 0.29) is 22.9 Å². The third-order valence-corrected chi connectivity index (χ3v) is 8.49. The van der Waals surface area contributed by atoms with Gasteiger partial charge in [-0.15, -0.1) is 0 Å². The average Bonchev–Trinajstić information content (AvgIpc) is 3.49. The summed E-state index contributed by atoms with van der Waals surface area (Å²) in [6, 6.07) is 27.2. The predicted molar refractivity (Wildman–Crippen MR) is 154 cm³/mol. The molecule has 0 unspecified atom stereocenters. The molecule has 3 aliphatic heterocycles. The minimum Gasteiger partial charge on any atom is -0.352 e. The van der Waals surface area contributed by atoms with Crippen molar-refractivity contribution in [3.63, 3.8) is 0 Å². The topological polar surface area (TPSA) is 110 Å². The second kappa shape index (κ2) is 9.09. The van der Waals surface area contributed by atoms with Gasteiger partial charge in [0.25, 0.3) is 5.69 Å². The summed E-state index contributed by atoms with van der Waals surface area (Å²) in [5.74, 6) is -2.31. The number of Topliss-reactive ketones (excluding diaryl/α,β-unsaturated/α-hetero) is 2. The smallest absolute Gasteiger partial charge is 0.270 e. The Bertz CT molecular complexity index is 1800. The van der Waals surface area contributed by atoms with Crippen molar-refractivity contribution in [1.82, 2.24) is 0 Å². The highest BCUT2D eigenvalue weighted by Crippen LogP contribution is 2.58. The molecule has 0 radical (unpaired) electrons. The number of amides is 1. The van der Waals surface area contributed by atoms with Crippen LogP contribution in [-0.2, 0) is 10.2 Å². The first-order valence-electron chi connectivity index (χ1n) is 13.3. The predicted octanol–water partition coefficient (Wildman–Crippen LogP) is 5.45. The van der Waals surface area contributed by atoms with Gasteiger partial charge in [-0.05, 0) is 23.3 Å². The van der Waals surface area contributed by atoms with E-state index in [1.165, 1.54) is 24.3 Å². The zero-order valence-electron chi connectivity index (χ0n) is 21.6. The minimum absolute atomic E-state index is 0.101. The van der Waals surface area contributed by atoms with E-state index in [2.05, 4.69) is 5.32 Å². The summed E-state index contributed by atoms with van der Waals surface area (Å²) in [5, 5.41) is 14.6. The number of para-hydroxylation sites is 2. The van der Waals surface area contributed by atoms with E-state index >= 15 is 0 Å². The van der Waals surface area contributed by atoms with Crippen LogP contribution in [-0.4, -0.2) is 34.5 Å². The molecule has 41 heavy (non-hydrogen) atoms. The maximum atomic E-state index is 14.6. The molecule has 0 aliphatic carbocycles. The Morgan fingerprint density at radius 3 is 2.34 bits per heavy atom. The fourth-order valence-electron chi connectivity index (χ4n) is 6.85. The number of non-ortho nitro benzene ring substituents is 1. The van der Waals surface area contributed by atoms with Crippen LogP contribution in [0.2, 0.25) is 0 Å². The third kappa shape index (κ3) is 3.43. The first-order valence-corrected chi connectivity index (χ1v) is 13.3. The Hall–Kier alpha value is -5.37. The van der Waals surface area contributed by atoms with Gasteiger partial charge in [0.1, 0.15) is 11.5 Å². The quantitative estimate of drug-likeness (QED) is 0.204. The number of nitro benzene ring substituents is 1. The molecule has 1 saturated heterocycles. The zero-order valence-corrected chi connectivity index (χ0v) is 21.6. The molecule has 1 N–H and O–H groups in total. The van der Waals surface area contributed by atoms with Crippen molar-refractivity contribution >= 4 is 40.6 Å². The number of nitrogens with one attached hydrogen (secondary N) is 1. The molecule has 3 aliphatic rings. The molecule has 1 spiro atoms. The number of nitrogens with zero attached hydrogens (tertiary/aromatic N) is 2. The van der Waals surface area contributed by atoms with Gasteiger partial charge < -0.3 is 10.2 Å². The molecule has 0 bridgehead atoms.